The summed E-state index contributed by atoms with van der Waals surface area (Å²) in [7, 11) is -0.206. The average Bonchev–Trinajstić information content (AvgIpc) is 3.44. The smallest absolute Gasteiger partial charge is 0.280 e. The van der Waals surface area contributed by atoms with Crippen molar-refractivity contribution in [2.75, 3.05) is 25.6 Å². The number of methoxy groups -OCH3 is 1. The van der Waals surface area contributed by atoms with E-state index in [4.69, 9.17) is 23.8 Å². The second-order valence-electron chi connectivity index (χ2n) is 9.95. The van der Waals surface area contributed by atoms with Crippen LogP contribution in [0.25, 0.3) is 11.2 Å². The molecule has 1 aliphatic rings. The molecule has 5 atom stereocenters. The molecule has 0 radical (unpaired) electrons. The zero-order valence-electron chi connectivity index (χ0n) is 23.3. The highest BCUT2D eigenvalue weighted by Crippen LogP contribution is 2.51. The number of aliphatic hydroxyl groups excluding tert-OH is 1. The number of nitriles is 1. The van der Waals surface area contributed by atoms with Gasteiger partial charge in [0.25, 0.3) is 14.1 Å². The number of fused-ring (bicyclic) bond motifs is 1. The van der Waals surface area contributed by atoms with Crippen molar-refractivity contribution in [2.45, 2.75) is 84.6 Å². The van der Waals surface area contributed by atoms with Crippen LogP contribution in [0, 0.1) is 17.2 Å². The van der Waals surface area contributed by atoms with Gasteiger partial charge in [-0.2, -0.15) is 10.2 Å². The van der Waals surface area contributed by atoms with Gasteiger partial charge >= 0.3 is 0 Å². The number of ether oxygens (including phenoxy) is 2. The number of anilines is 1. The molecule has 216 valence electrons. The highest BCUT2D eigenvalue weighted by atomic mass is 31.2. The zero-order chi connectivity index (χ0) is 28.9. The molecule has 1 saturated heterocycles. The van der Waals surface area contributed by atoms with Crippen molar-refractivity contribution in [3.05, 3.63) is 16.7 Å². The molecule has 39 heavy (non-hydrogen) atoms. The Morgan fingerprint density at radius 3 is 2.56 bits per heavy atom. The van der Waals surface area contributed by atoms with E-state index < -0.39 is 38.6 Å². The lowest BCUT2D eigenvalue weighted by atomic mass is 10.1. The third-order valence-corrected chi connectivity index (χ3v) is 8.21. The maximum absolute atomic E-state index is 12.8. The molecule has 15 heteroatoms. The Kier molecular flexibility index (Phi) is 10.9. The van der Waals surface area contributed by atoms with Gasteiger partial charge in [-0.05, 0) is 27.7 Å². The van der Waals surface area contributed by atoms with E-state index in [2.05, 4.69) is 31.0 Å². The summed E-state index contributed by atoms with van der Waals surface area (Å²) in [4.78, 5) is 36.2. The number of hydrogen-bond acceptors (Lipinski definition) is 11. The molecular weight excluding hydrogens is 529 g/mol. The van der Waals surface area contributed by atoms with Crippen LogP contribution in [0.5, 0.6) is 0 Å². The number of aromatic amines is 1. The van der Waals surface area contributed by atoms with Crippen molar-refractivity contribution < 1.29 is 28.4 Å². The quantitative estimate of drug-likeness (QED) is 0.239. The fourth-order valence-corrected chi connectivity index (χ4v) is 6.04. The predicted octanol–water partition coefficient (Wildman–Crippen LogP) is 2.28. The molecule has 1 fully saturated rings. The highest BCUT2D eigenvalue weighted by Gasteiger charge is 2.49. The van der Waals surface area contributed by atoms with Crippen LogP contribution < -0.4 is 10.9 Å². The third kappa shape index (κ3) is 6.99. The first kappa shape index (κ1) is 31.0. The van der Waals surface area contributed by atoms with Crippen LogP contribution >= 0.6 is 8.53 Å². The highest BCUT2D eigenvalue weighted by molar-refractivity contribution is 7.44. The van der Waals surface area contributed by atoms with Crippen molar-refractivity contribution in [3.8, 4) is 6.07 Å². The van der Waals surface area contributed by atoms with Gasteiger partial charge in [0.2, 0.25) is 11.9 Å². The van der Waals surface area contributed by atoms with Crippen molar-refractivity contribution >= 4 is 31.5 Å². The molecule has 3 rings (SSSR count). The largest absolute Gasteiger partial charge is 0.394 e. The first-order valence-corrected chi connectivity index (χ1v) is 14.0. The van der Waals surface area contributed by atoms with Crippen LogP contribution in [0.2, 0.25) is 0 Å². The maximum atomic E-state index is 12.8. The van der Waals surface area contributed by atoms with Crippen molar-refractivity contribution in [2.24, 2.45) is 5.92 Å². The van der Waals surface area contributed by atoms with E-state index in [1.54, 1.807) is 13.8 Å². The Morgan fingerprint density at radius 1 is 1.31 bits per heavy atom. The lowest BCUT2D eigenvalue weighted by molar-refractivity contribution is -0.118. The minimum Gasteiger partial charge on any atom is -0.394 e. The summed E-state index contributed by atoms with van der Waals surface area (Å²) in [6.45, 7) is 11.3. The van der Waals surface area contributed by atoms with Gasteiger partial charge in [-0.25, -0.2) is 9.65 Å². The number of imidazole rings is 1. The van der Waals surface area contributed by atoms with Gasteiger partial charge in [-0.1, -0.05) is 13.8 Å². The summed E-state index contributed by atoms with van der Waals surface area (Å²) in [6.07, 6.45) is -1.60. The topological polar surface area (TPSA) is 177 Å². The fourth-order valence-electron chi connectivity index (χ4n) is 4.31. The molecule has 3 N–H and O–H groups in total. The number of H-pyrrole nitrogens is 1. The Balaban J connectivity index is 2.06. The zero-order valence-corrected chi connectivity index (χ0v) is 24.2. The SMILES string of the molecule is CO[C@H]1[C@@H](OP(OCCC#N)N(C(C)C)C(C)C)[C@H](n2cnc3c(=O)[nH]c(NC(=O)C(C)C)nc32)O[C@@H]1CO. The number of nitrogens with zero attached hydrogens (tertiary/aromatic N) is 5. The van der Waals surface area contributed by atoms with E-state index in [0.717, 1.165) is 0 Å². The second kappa shape index (κ2) is 13.7. The maximum Gasteiger partial charge on any atom is 0.280 e. The van der Waals surface area contributed by atoms with Crippen LogP contribution in [0.4, 0.5) is 5.95 Å². The monoisotopic (exact) mass is 567 g/mol. The number of rotatable bonds is 13. The molecule has 1 amide bonds. The van der Waals surface area contributed by atoms with Crippen molar-refractivity contribution in [1.29, 1.82) is 5.26 Å². The molecule has 2 aromatic rings. The average molecular weight is 568 g/mol. The Hall–Kier alpha value is -2.50. The van der Waals surface area contributed by atoms with Crippen LogP contribution in [0.3, 0.4) is 0 Å². The lowest BCUT2D eigenvalue weighted by Crippen LogP contribution is -2.40. The number of carbonyl (C=O) groups is 1. The summed E-state index contributed by atoms with van der Waals surface area (Å²) in [5.41, 5.74) is -0.341. The fraction of sp³-hybridized carbons (Fsp3) is 0.708. The number of aliphatic hydroxyl groups is 1. The summed E-state index contributed by atoms with van der Waals surface area (Å²) < 4.78 is 28.1. The van der Waals surface area contributed by atoms with Gasteiger partial charge < -0.3 is 23.6 Å². The van der Waals surface area contributed by atoms with Crippen LogP contribution in [0.15, 0.2) is 11.1 Å². The molecule has 0 bridgehead atoms. The first-order valence-electron chi connectivity index (χ1n) is 12.9. The Morgan fingerprint density at radius 2 is 2.00 bits per heavy atom. The third-order valence-electron chi connectivity index (χ3n) is 6.08. The molecule has 0 spiro atoms. The van der Waals surface area contributed by atoms with Crippen LogP contribution in [-0.4, -0.2) is 85.9 Å². The molecule has 0 aliphatic carbocycles. The number of nitrogens with one attached hydrogen (secondary N) is 2. The minimum absolute atomic E-state index is 0.0294. The molecule has 3 heterocycles. The molecule has 1 unspecified atom stereocenters. The van der Waals surface area contributed by atoms with Crippen LogP contribution in [0.1, 0.15) is 54.2 Å². The number of amides is 1. The molecule has 0 aromatic carbocycles. The molecule has 14 nitrogen and oxygen atoms in total. The van der Waals surface area contributed by atoms with E-state index in [-0.39, 0.29) is 60.7 Å². The molecule has 1 aliphatic heterocycles. The molecule has 2 aromatic heterocycles. The second-order valence-corrected chi connectivity index (χ2v) is 11.4. The molecular formula is C24H38N7O7P. The number of hydrogen-bond donors (Lipinski definition) is 3. The van der Waals surface area contributed by atoms with Gasteiger partial charge in [0.15, 0.2) is 17.4 Å². The summed E-state index contributed by atoms with van der Waals surface area (Å²) in [5, 5.41) is 21.7. The van der Waals surface area contributed by atoms with E-state index >= 15 is 0 Å². The number of carbonyl (C=O) groups excluding carboxylic acids is 1. The van der Waals surface area contributed by atoms with Gasteiger partial charge in [0.1, 0.15) is 18.3 Å². The first-order chi connectivity index (χ1) is 18.5. The normalized spacial score (nSPS) is 22.3. The van der Waals surface area contributed by atoms with Gasteiger partial charge in [0, 0.05) is 25.1 Å². The number of aromatic nitrogens is 4. The van der Waals surface area contributed by atoms with Gasteiger partial charge in [0.05, 0.1) is 32.0 Å². The molecule has 0 saturated carbocycles. The Labute approximate surface area is 228 Å². The summed E-state index contributed by atoms with van der Waals surface area (Å²) >= 11 is 0. The van der Waals surface area contributed by atoms with E-state index in [1.165, 1.54) is 18.0 Å². The van der Waals surface area contributed by atoms with E-state index in [9.17, 15) is 14.7 Å². The summed E-state index contributed by atoms with van der Waals surface area (Å²) in [6, 6.07) is 2.18. The Bertz CT molecular complexity index is 1200. The predicted molar refractivity (Wildman–Crippen MR) is 143 cm³/mol. The van der Waals surface area contributed by atoms with Gasteiger partial charge in [-0.15, -0.1) is 0 Å². The lowest BCUT2D eigenvalue weighted by Gasteiger charge is -2.38. The van der Waals surface area contributed by atoms with Crippen LogP contribution in [-0.2, 0) is 23.3 Å². The van der Waals surface area contributed by atoms with E-state index in [0.29, 0.717) is 0 Å². The summed E-state index contributed by atoms with van der Waals surface area (Å²) in [5.74, 6) is -0.674. The van der Waals surface area contributed by atoms with Crippen molar-refractivity contribution in [1.82, 2.24) is 24.2 Å². The van der Waals surface area contributed by atoms with E-state index in [1.807, 2.05) is 27.7 Å². The minimum atomic E-state index is -1.70. The standard InChI is InChI=1S/C24H38N7O7P/c1-13(2)21(33)28-24-27-20-17(22(34)29-24)26-12-30(20)23-19(18(35-7)16(11-32)37-23)38-39(36-10-8-9-25)31(14(3)4)15(5)6/h12-16,18-19,23,32H,8,10-11H2,1-7H3,(H2,27,28,29,33,34)/t16-,18-,19-,23-,39?/m1/s1. The van der Waals surface area contributed by atoms with Crippen molar-refractivity contribution in [3.63, 3.8) is 0 Å². The van der Waals surface area contributed by atoms with Gasteiger partial charge in [-0.3, -0.25) is 24.5 Å².